The van der Waals surface area contributed by atoms with E-state index in [1.165, 1.54) is 6.42 Å². The highest BCUT2D eigenvalue weighted by molar-refractivity contribution is 5.95. The Bertz CT molecular complexity index is 2070. The van der Waals surface area contributed by atoms with Crippen LogP contribution in [0.4, 0.5) is 11.9 Å². The number of hydrogen-bond acceptors (Lipinski definition) is 15. The largest absolute Gasteiger partial charge is 0.372 e. The highest BCUT2D eigenvalue weighted by Crippen LogP contribution is 2.46. The van der Waals surface area contributed by atoms with Crippen molar-refractivity contribution in [2.24, 2.45) is 5.73 Å². The number of piperidine rings is 1. The Morgan fingerprint density at radius 2 is 1.17 bits per heavy atom. The van der Waals surface area contributed by atoms with E-state index in [-0.39, 0.29) is 12.2 Å². The number of hydrogen-bond donors (Lipinski definition) is 4. The van der Waals surface area contributed by atoms with Gasteiger partial charge in [-0.1, -0.05) is 0 Å². The number of carbonyl (C=O) groups excluding carboxylic acids is 1. The summed E-state index contributed by atoms with van der Waals surface area (Å²) in [4.78, 5) is 51.9. The van der Waals surface area contributed by atoms with Crippen LogP contribution in [0.2, 0.25) is 0 Å². The fourth-order valence-electron chi connectivity index (χ4n) is 9.43. The molecule has 0 aromatic carbocycles. The zero-order valence-electron chi connectivity index (χ0n) is 33.5. The molecule has 0 aliphatic carbocycles. The number of primary amides is 1. The Balaban J connectivity index is 1.15. The molecule has 304 valence electrons. The van der Waals surface area contributed by atoms with Gasteiger partial charge >= 0.3 is 0 Å². The summed E-state index contributed by atoms with van der Waals surface area (Å²) in [5.74, 6) is -0.0413. The lowest BCUT2D eigenvalue weighted by Crippen LogP contribution is -2.75. The minimum atomic E-state index is -1.04. The molecule has 4 aromatic rings. The maximum Gasteiger partial charge on any atom is 0.249 e. The number of rotatable bonds is 9. The molecule has 9 heterocycles. The van der Waals surface area contributed by atoms with E-state index in [9.17, 15) is 4.79 Å². The molecule has 1 unspecified atom stereocenters. The first-order valence-corrected chi connectivity index (χ1v) is 20.8. The number of carbonyl (C=O) groups is 1. The average Bonchev–Trinajstić information content (AvgIpc) is 3.67. The normalized spacial score (nSPS) is 25.7. The Morgan fingerprint density at radius 3 is 1.66 bits per heavy atom. The molecule has 16 nitrogen and oxygen atoms in total. The van der Waals surface area contributed by atoms with Gasteiger partial charge in [-0.2, -0.15) is 0 Å². The number of nitrogens with zero attached hydrogens (tertiary/aromatic N) is 10. The molecule has 0 spiro atoms. The van der Waals surface area contributed by atoms with Crippen LogP contribution in [0.15, 0.2) is 73.1 Å². The number of piperazine rings is 2. The topological polar surface area (TPSA) is 179 Å². The predicted octanol–water partition coefficient (Wildman–Crippen LogP) is 1.72. The number of ether oxygens (including phenoxy) is 1. The van der Waals surface area contributed by atoms with Crippen LogP contribution in [0.1, 0.15) is 44.2 Å². The number of morpholine rings is 1. The van der Waals surface area contributed by atoms with Gasteiger partial charge in [0.2, 0.25) is 17.8 Å². The average molecular weight is 787 g/mol. The summed E-state index contributed by atoms with van der Waals surface area (Å²) in [5.41, 5.74) is 10.8. The summed E-state index contributed by atoms with van der Waals surface area (Å²) in [6.45, 7) is 13.6. The summed E-state index contributed by atoms with van der Waals surface area (Å²) in [7, 11) is 0. The van der Waals surface area contributed by atoms with Crippen molar-refractivity contribution < 1.29 is 9.53 Å². The van der Waals surface area contributed by atoms with Crippen molar-refractivity contribution >= 4 is 17.8 Å². The minimum Gasteiger partial charge on any atom is -0.372 e. The molecule has 0 bridgehead atoms. The molecule has 58 heavy (non-hydrogen) atoms. The van der Waals surface area contributed by atoms with Crippen LogP contribution in [0.5, 0.6) is 0 Å². The fourth-order valence-corrected chi connectivity index (χ4v) is 9.43. The maximum absolute atomic E-state index is 14.0. The van der Waals surface area contributed by atoms with Crippen LogP contribution in [0.25, 0.3) is 22.5 Å². The highest BCUT2D eigenvalue weighted by atomic mass is 16.5. The SMILES string of the molecule is C[C@@H]1CN(c2ncc(-c3cc(C4(c5ccnc(-c6cnc(N7CCCCC7)nc6)c5)C=C(C(N)=O)C(N5CCNCC5)(N5CCNCC5)N4)ccn3)cn2)C[C@H](C)O1. The van der Waals surface area contributed by atoms with E-state index in [4.69, 9.17) is 40.4 Å². The third-order valence-electron chi connectivity index (χ3n) is 12.2. The molecule has 5 aliphatic heterocycles. The lowest BCUT2D eigenvalue weighted by Gasteiger charge is -2.53. The number of anilines is 2. The van der Waals surface area contributed by atoms with Crippen LogP contribution in [-0.2, 0) is 15.1 Å². The van der Waals surface area contributed by atoms with Crippen LogP contribution in [0.3, 0.4) is 0 Å². The zero-order valence-corrected chi connectivity index (χ0v) is 33.5. The molecule has 5 aliphatic rings. The van der Waals surface area contributed by atoms with E-state index in [0.717, 1.165) is 125 Å². The molecule has 4 fully saturated rings. The first-order chi connectivity index (χ1) is 28.3. The molecule has 0 saturated carbocycles. The lowest BCUT2D eigenvalue weighted by molar-refractivity contribution is -0.121. The summed E-state index contributed by atoms with van der Waals surface area (Å²) in [6, 6.07) is 8.18. The smallest absolute Gasteiger partial charge is 0.249 e. The minimum absolute atomic E-state index is 0.0912. The fraction of sp³-hybridized carbons (Fsp3) is 0.500. The Kier molecular flexibility index (Phi) is 10.9. The van der Waals surface area contributed by atoms with Gasteiger partial charge in [0, 0.05) is 127 Å². The van der Waals surface area contributed by atoms with Gasteiger partial charge in [-0.15, -0.1) is 0 Å². The van der Waals surface area contributed by atoms with E-state index < -0.39 is 17.2 Å². The molecule has 9 rings (SSSR count). The second-order valence-electron chi connectivity index (χ2n) is 16.1. The lowest BCUT2D eigenvalue weighted by atomic mass is 9.83. The van der Waals surface area contributed by atoms with Crippen molar-refractivity contribution in [2.75, 3.05) is 88.3 Å². The van der Waals surface area contributed by atoms with E-state index in [2.05, 4.69) is 61.5 Å². The van der Waals surface area contributed by atoms with Gasteiger partial charge in [-0.3, -0.25) is 29.9 Å². The van der Waals surface area contributed by atoms with Crippen molar-refractivity contribution in [1.29, 1.82) is 0 Å². The standard InChI is InChI=1S/C42H54N14O2/c1-29-27-54(28-30(2)58-29)40-50-25-32(26-51-40)37-21-34(7-9-47-37)41(33-6-8-46-36(20-33)31-23-48-39(49-24-31)53-14-4-3-5-15-53)22-35(38(43)57)42(52-41,55-16-10-44-11-17-55)56-18-12-45-13-19-56/h6-9,20-26,29-30,44-45,52H,3-5,10-19,27-28H2,1-2H3,(H2,43,57)/t29-,30+,41?. The summed E-state index contributed by atoms with van der Waals surface area (Å²) < 4.78 is 5.94. The van der Waals surface area contributed by atoms with Crippen LogP contribution >= 0.6 is 0 Å². The first kappa shape index (κ1) is 38.5. The first-order valence-electron chi connectivity index (χ1n) is 20.8. The monoisotopic (exact) mass is 786 g/mol. The molecule has 3 atom stereocenters. The van der Waals surface area contributed by atoms with E-state index in [1.54, 1.807) is 0 Å². The Labute approximate surface area is 339 Å². The van der Waals surface area contributed by atoms with E-state index in [1.807, 2.05) is 55.4 Å². The number of nitrogens with one attached hydrogen (secondary N) is 3. The quantitative estimate of drug-likeness (QED) is 0.193. The Hall–Kier alpha value is -4.97. The van der Waals surface area contributed by atoms with Gasteiger partial charge in [0.25, 0.3) is 0 Å². The second kappa shape index (κ2) is 16.4. The predicted molar refractivity (Wildman–Crippen MR) is 222 cm³/mol. The van der Waals surface area contributed by atoms with E-state index >= 15 is 0 Å². The highest BCUT2D eigenvalue weighted by Gasteiger charge is 2.58. The van der Waals surface area contributed by atoms with Crippen LogP contribution in [-0.4, -0.2) is 142 Å². The summed E-state index contributed by atoms with van der Waals surface area (Å²) in [6.07, 6.45) is 16.8. The van der Waals surface area contributed by atoms with Crippen LogP contribution in [0, 0.1) is 0 Å². The van der Waals surface area contributed by atoms with Crippen molar-refractivity contribution in [1.82, 2.24) is 55.7 Å². The molecule has 1 amide bonds. The second-order valence-corrected chi connectivity index (χ2v) is 16.1. The van der Waals surface area contributed by atoms with Crippen molar-refractivity contribution in [2.45, 2.75) is 56.6 Å². The number of pyridine rings is 2. The summed E-state index contributed by atoms with van der Waals surface area (Å²) >= 11 is 0. The molecule has 4 saturated heterocycles. The van der Waals surface area contributed by atoms with Crippen molar-refractivity contribution in [3.05, 3.63) is 84.2 Å². The van der Waals surface area contributed by atoms with Gasteiger partial charge in [-0.05, 0) is 74.6 Å². The molecule has 16 heteroatoms. The third kappa shape index (κ3) is 7.33. The molecular weight excluding hydrogens is 733 g/mol. The summed E-state index contributed by atoms with van der Waals surface area (Å²) in [5, 5.41) is 11.2. The number of amides is 1. The van der Waals surface area contributed by atoms with Gasteiger partial charge in [0.1, 0.15) is 0 Å². The Morgan fingerprint density at radius 1 is 0.690 bits per heavy atom. The number of nitrogens with two attached hydrogens (primary N) is 1. The van der Waals surface area contributed by atoms with Gasteiger partial charge in [0.15, 0.2) is 5.79 Å². The van der Waals surface area contributed by atoms with E-state index in [0.29, 0.717) is 17.2 Å². The van der Waals surface area contributed by atoms with Gasteiger partial charge < -0.3 is 30.9 Å². The van der Waals surface area contributed by atoms with Crippen molar-refractivity contribution in [3.63, 3.8) is 0 Å². The van der Waals surface area contributed by atoms with Crippen molar-refractivity contribution in [3.8, 4) is 22.5 Å². The molecular formula is C42H54N14O2. The molecule has 4 aromatic heterocycles. The van der Waals surface area contributed by atoms with Gasteiger partial charge in [-0.25, -0.2) is 19.9 Å². The maximum atomic E-state index is 14.0. The molecule has 0 radical (unpaired) electrons. The third-order valence-corrected chi connectivity index (χ3v) is 12.2. The van der Waals surface area contributed by atoms with Crippen LogP contribution < -0.4 is 31.5 Å². The molecule has 5 N–H and O–H groups in total. The number of aromatic nitrogens is 6. The van der Waals surface area contributed by atoms with Gasteiger partial charge in [0.05, 0.1) is 34.7 Å². The zero-order chi connectivity index (χ0) is 39.7.